The third kappa shape index (κ3) is 4.00. The molecule has 2 heterocycles. The molecule has 0 radical (unpaired) electrons. The molecule has 2 aliphatic heterocycles. The molecular weight excluding hydrogens is 340 g/mol. The van der Waals surface area contributed by atoms with E-state index in [2.05, 4.69) is 0 Å². The van der Waals surface area contributed by atoms with Gasteiger partial charge in [0, 0.05) is 6.42 Å². The van der Waals surface area contributed by atoms with Crippen LogP contribution < -0.4 is 0 Å². The topological polar surface area (TPSA) is 52.6 Å². The van der Waals surface area contributed by atoms with Gasteiger partial charge >= 0.3 is 0 Å². The number of thioether (sulfide) groups is 2. The number of aryl methyl sites for hydroxylation is 1. The maximum absolute atomic E-state index is 12.3. The Balaban J connectivity index is 1.60. The molecule has 1 aromatic rings. The van der Waals surface area contributed by atoms with Gasteiger partial charge in [0.1, 0.15) is 6.10 Å². The molecule has 2 atom stereocenters. The zero-order valence-corrected chi connectivity index (χ0v) is 14.9. The van der Waals surface area contributed by atoms with Crippen molar-refractivity contribution in [1.82, 2.24) is 0 Å². The molecule has 2 saturated heterocycles. The van der Waals surface area contributed by atoms with Gasteiger partial charge in [0.25, 0.3) is 10.1 Å². The van der Waals surface area contributed by atoms with Crippen molar-refractivity contribution < 1.29 is 17.3 Å². The van der Waals surface area contributed by atoms with Crippen LogP contribution in [-0.4, -0.2) is 43.3 Å². The minimum Gasteiger partial charge on any atom is -0.373 e. The average Bonchev–Trinajstić information content (AvgIpc) is 2.96. The quantitative estimate of drug-likeness (QED) is 0.769. The van der Waals surface area contributed by atoms with Crippen LogP contribution in [0.1, 0.15) is 18.4 Å². The highest BCUT2D eigenvalue weighted by molar-refractivity contribution is 8.17. The molecule has 0 spiro atoms. The molecule has 0 aromatic heterocycles. The fourth-order valence-corrected chi connectivity index (χ4v) is 6.66. The van der Waals surface area contributed by atoms with Crippen LogP contribution in [0.4, 0.5) is 0 Å². The zero-order valence-electron chi connectivity index (χ0n) is 12.4. The molecule has 22 heavy (non-hydrogen) atoms. The first-order valence-corrected chi connectivity index (χ1v) is 10.9. The number of rotatable bonds is 4. The number of benzene rings is 1. The number of hydrogen-bond donors (Lipinski definition) is 0. The second kappa shape index (κ2) is 7.13. The van der Waals surface area contributed by atoms with Crippen molar-refractivity contribution in [3.8, 4) is 0 Å². The van der Waals surface area contributed by atoms with Gasteiger partial charge in [-0.05, 0) is 37.0 Å². The first-order chi connectivity index (χ1) is 10.5. The third-order valence-corrected chi connectivity index (χ3v) is 8.22. The molecule has 0 bridgehead atoms. The second-order valence-electron chi connectivity index (χ2n) is 5.56. The Bertz CT molecular complexity index is 594. The lowest BCUT2D eigenvalue weighted by Gasteiger charge is -2.25. The van der Waals surface area contributed by atoms with Crippen LogP contribution in [-0.2, 0) is 19.0 Å². The van der Waals surface area contributed by atoms with Gasteiger partial charge in [-0.15, -0.1) is 23.5 Å². The minimum atomic E-state index is -3.71. The van der Waals surface area contributed by atoms with E-state index in [1.807, 2.05) is 30.4 Å². The van der Waals surface area contributed by atoms with E-state index in [9.17, 15) is 8.42 Å². The molecular formula is C15H20O4S3. The summed E-state index contributed by atoms with van der Waals surface area (Å²) < 4.78 is 36.1. The largest absolute Gasteiger partial charge is 0.373 e. The Labute approximate surface area is 140 Å². The van der Waals surface area contributed by atoms with Crippen LogP contribution in [0, 0.1) is 6.92 Å². The molecule has 1 aromatic carbocycles. The molecule has 2 fully saturated rings. The van der Waals surface area contributed by atoms with E-state index in [1.54, 1.807) is 24.3 Å². The molecule has 122 valence electrons. The van der Waals surface area contributed by atoms with E-state index < -0.39 is 10.1 Å². The van der Waals surface area contributed by atoms with E-state index in [0.29, 0.717) is 17.6 Å². The lowest BCUT2D eigenvalue weighted by atomic mass is 10.2. The molecule has 0 saturated carbocycles. The zero-order chi connectivity index (χ0) is 15.6. The van der Waals surface area contributed by atoms with Crippen molar-refractivity contribution in [3.05, 3.63) is 29.8 Å². The Morgan fingerprint density at radius 2 is 1.86 bits per heavy atom. The van der Waals surface area contributed by atoms with Crippen LogP contribution in [0.5, 0.6) is 0 Å². The van der Waals surface area contributed by atoms with Gasteiger partial charge in [-0.3, -0.25) is 4.18 Å². The molecule has 7 heteroatoms. The summed E-state index contributed by atoms with van der Waals surface area (Å²) in [4.78, 5) is 0.211. The summed E-state index contributed by atoms with van der Waals surface area (Å²) in [6.45, 7) is 2.28. The van der Waals surface area contributed by atoms with Gasteiger partial charge in [-0.1, -0.05) is 17.7 Å². The highest BCUT2D eigenvalue weighted by Gasteiger charge is 2.36. The average molecular weight is 361 g/mol. The summed E-state index contributed by atoms with van der Waals surface area (Å²) in [5, 5.41) is 0. The fraction of sp³-hybridized carbons (Fsp3) is 0.600. The maximum atomic E-state index is 12.3. The van der Waals surface area contributed by atoms with Gasteiger partial charge < -0.3 is 4.74 Å². The van der Waals surface area contributed by atoms with Gasteiger partial charge in [0.05, 0.1) is 22.2 Å². The SMILES string of the molecule is Cc1ccc(S(=O)(=O)OC2COC(C3SCCCS3)C2)cc1. The third-order valence-electron chi connectivity index (χ3n) is 3.72. The molecule has 3 rings (SSSR count). The second-order valence-corrected chi connectivity index (χ2v) is 9.93. The fourth-order valence-electron chi connectivity index (χ4n) is 2.54. The van der Waals surface area contributed by atoms with Crippen LogP contribution in [0.3, 0.4) is 0 Å². The maximum Gasteiger partial charge on any atom is 0.297 e. The van der Waals surface area contributed by atoms with Gasteiger partial charge in [-0.2, -0.15) is 8.42 Å². The van der Waals surface area contributed by atoms with Crippen LogP contribution in [0.2, 0.25) is 0 Å². The van der Waals surface area contributed by atoms with Crippen LogP contribution >= 0.6 is 23.5 Å². The first kappa shape index (κ1) is 16.6. The molecule has 0 amide bonds. The Kier molecular flexibility index (Phi) is 5.39. The number of ether oxygens (including phenoxy) is 1. The molecule has 2 unspecified atom stereocenters. The Morgan fingerprint density at radius 1 is 1.18 bits per heavy atom. The summed E-state index contributed by atoms with van der Waals surface area (Å²) in [5.41, 5.74) is 1.02. The van der Waals surface area contributed by atoms with Gasteiger partial charge in [0.15, 0.2) is 0 Å². The molecule has 2 aliphatic rings. The van der Waals surface area contributed by atoms with E-state index in [-0.39, 0.29) is 17.1 Å². The number of hydrogen-bond acceptors (Lipinski definition) is 6. The van der Waals surface area contributed by atoms with Crippen LogP contribution in [0.25, 0.3) is 0 Å². The predicted octanol–water partition coefficient (Wildman–Crippen LogP) is 3.05. The normalized spacial score (nSPS) is 27.1. The van der Waals surface area contributed by atoms with Crippen molar-refractivity contribution >= 4 is 33.6 Å². The monoisotopic (exact) mass is 360 g/mol. The Morgan fingerprint density at radius 3 is 2.55 bits per heavy atom. The lowest BCUT2D eigenvalue weighted by molar-refractivity contribution is 0.104. The molecule has 0 N–H and O–H groups in total. The standard InChI is InChI=1S/C15H20O4S3/c1-11-3-5-13(6-4-11)22(16,17)19-12-9-14(18-10-12)15-20-7-2-8-21-15/h3-6,12,14-15H,2,7-10H2,1H3. The highest BCUT2D eigenvalue weighted by atomic mass is 32.2. The van der Waals surface area contributed by atoms with E-state index in [4.69, 9.17) is 8.92 Å². The van der Waals surface area contributed by atoms with Crippen molar-refractivity contribution in [2.75, 3.05) is 18.1 Å². The Hall–Kier alpha value is -0.210. The van der Waals surface area contributed by atoms with E-state index in [1.165, 1.54) is 6.42 Å². The highest BCUT2D eigenvalue weighted by Crippen LogP contribution is 2.38. The first-order valence-electron chi connectivity index (χ1n) is 7.39. The van der Waals surface area contributed by atoms with E-state index >= 15 is 0 Å². The molecule has 4 nitrogen and oxygen atoms in total. The summed E-state index contributed by atoms with van der Waals surface area (Å²) in [6.07, 6.45) is 1.60. The molecule has 0 aliphatic carbocycles. The summed E-state index contributed by atoms with van der Waals surface area (Å²) in [6, 6.07) is 6.73. The smallest absolute Gasteiger partial charge is 0.297 e. The van der Waals surface area contributed by atoms with Gasteiger partial charge in [0.2, 0.25) is 0 Å². The summed E-state index contributed by atoms with van der Waals surface area (Å²) >= 11 is 3.82. The summed E-state index contributed by atoms with van der Waals surface area (Å²) in [5.74, 6) is 2.31. The van der Waals surface area contributed by atoms with Crippen molar-refractivity contribution in [2.24, 2.45) is 0 Å². The van der Waals surface area contributed by atoms with Gasteiger partial charge in [-0.25, -0.2) is 0 Å². The van der Waals surface area contributed by atoms with Crippen molar-refractivity contribution in [3.63, 3.8) is 0 Å². The predicted molar refractivity (Wildman–Crippen MR) is 90.9 cm³/mol. The van der Waals surface area contributed by atoms with Crippen molar-refractivity contribution in [1.29, 1.82) is 0 Å². The van der Waals surface area contributed by atoms with Crippen LogP contribution in [0.15, 0.2) is 29.2 Å². The summed E-state index contributed by atoms with van der Waals surface area (Å²) in [7, 11) is -3.71. The van der Waals surface area contributed by atoms with Crippen molar-refractivity contribution in [2.45, 2.75) is 41.5 Å². The lowest BCUT2D eigenvalue weighted by Crippen LogP contribution is -2.24. The van der Waals surface area contributed by atoms with E-state index in [0.717, 1.165) is 17.1 Å². The minimum absolute atomic E-state index is 0.0912.